The molecule has 0 aliphatic rings. The minimum atomic E-state index is -0.0636. The minimum absolute atomic E-state index is 0.0636. The second kappa shape index (κ2) is 12.7. The molecule has 2 aromatic rings. The van der Waals surface area contributed by atoms with Crippen LogP contribution in [0.1, 0.15) is 31.8 Å². The van der Waals surface area contributed by atoms with Crippen molar-refractivity contribution < 1.29 is 9.59 Å². The van der Waals surface area contributed by atoms with Gasteiger partial charge in [-0.3, -0.25) is 0 Å². The molecule has 0 aliphatic heterocycles. The van der Waals surface area contributed by atoms with E-state index in [0.717, 1.165) is 32.9 Å². The van der Waals surface area contributed by atoms with E-state index in [1.54, 1.807) is 0 Å². The SMILES string of the molecule is NCCNC(=O)c1ccccc1C[Se][Se]Cc1ccccc1C(=O)NCCN. The summed E-state index contributed by atoms with van der Waals surface area (Å²) < 4.78 is 0. The average molecular weight is 512 g/mol. The van der Waals surface area contributed by atoms with Crippen LogP contribution in [-0.4, -0.2) is 64.3 Å². The van der Waals surface area contributed by atoms with Gasteiger partial charge in [0.25, 0.3) is 0 Å². The summed E-state index contributed by atoms with van der Waals surface area (Å²) in [6, 6.07) is 15.5. The molecule has 28 heavy (non-hydrogen) atoms. The maximum absolute atomic E-state index is 12.3. The van der Waals surface area contributed by atoms with Crippen molar-refractivity contribution in [2.75, 3.05) is 26.2 Å². The number of nitrogens with one attached hydrogen (secondary N) is 2. The van der Waals surface area contributed by atoms with Gasteiger partial charge in [0.2, 0.25) is 0 Å². The summed E-state index contributed by atoms with van der Waals surface area (Å²) in [5, 5.41) is 7.48. The third-order valence-electron chi connectivity index (χ3n) is 3.90. The Balaban J connectivity index is 1.92. The fraction of sp³-hybridized carbons (Fsp3) is 0.300. The van der Waals surface area contributed by atoms with E-state index >= 15 is 0 Å². The van der Waals surface area contributed by atoms with Crippen molar-refractivity contribution >= 4 is 38.1 Å². The first-order valence-corrected chi connectivity index (χ1v) is 15.8. The van der Waals surface area contributed by atoms with Gasteiger partial charge >= 0.3 is 177 Å². The van der Waals surface area contributed by atoms with Crippen molar-refractivity contribution in [3.63, 3.8) is 0 Å². The van der Waals surface area contributed by atoms with Crippen molar-refractivity contribution in [2.24, 2.45) is 11.5 Å². The van der Waals surface area contributed by atoms with E-state index in [-0.39, 0.29) is 11.8 Å². The zero-order valence-electron chi connectivity index (χ0n) is 15.6. The Labute approximate surface area is 177 Å². The van der Waals surface area contributed by atoms with Crippen LogP contribution in [0.25, 0.3) is 0 Å². The number of amides is 2. The molecule has 0 bridgehead atoms. The van der Waals surface area contributed by atoms with Crippen LogP contribution in [-0.2, 0) is 10.6 Å². The maximum atomic E-state index is 12.3. The molecule has 6 N–H and O–H groups in total. The predicted octanol–water partition coefficient (Wildman–Crippen LogP) is 0.0872. The van der Waals surface area contributed by atoms with Gasteiger partial charge in [0.05, 0.1) is 0 Å². The number of benzene rings is 2. The Morgan fingerprint density at radius 3 is 1.50 bits per heavy atom. The zero-order valence-corrected chi connectivity index (χ0v) is 19.1. The van der Waals surface area contributed by atoms with E-state index in [0.29, 0.717) is 52.4 Å². The zero-order chi connectivity index (χ0) is 20.2. The molecule has 2 rings (SSSR count). The standard InChI is InChI=1S/C20H26N4O2Se2/c21-9-11-23-19(25)17-7-3-1-5-15(17)13-27-28-14-16-6-2-4-8-18(16)20(26)24-12-10-22/h1-8H,9-14,21-22H2,(H,23,25)(H,24,26). The van der Waals surface area contributed by atoms with E-state index in [1.165, 1.54) is 0 Å². The molecule has 0 atom stereocenters. The van der Waals surface area contributed by atoms with E-state index < -0.39 is 0 Å². The van der Waals surface area contributed by atoms with Gasteiger partial charge < -0.3 is 0 Å². The molecule has 0 saturated carbocycles. The van der Waals surface area contributed by atoms with E-state index in [2.05, 4.69) is 10.6 Å². The summed E-state index contributed by atoms with van der Waals surface area (Å²) in [7, 11) is 0. The Morgan fingerprint density at radius 1 is 0.714 bits per heavy atom. The van der Waals surface area contributed by atoms with Crippen LogP contribution in [0.2, 0.25) is 0 Å². The van der Waals surface area contributed by atoms with Crippen molar-refractivity contribution in [2.45, 2.75) is 10.6 Å². The molecule has 0 radical (unpaired) electrons. The van der Waals surface area contributed by atoms with Crippen molar-refractivity contribution in [3.8, 4) is 0 Å². The molecular formula is C20H26N4O2Se2. The van der Waals surface area contributed by atoms with Gasteiger partial charge in [-0.05, 0) is 0 Å². The van der Waals surface area contributed by atoms with Crippen molar-refractivity contribution in [1.82, 2.24) is 10.6 Å². The van der Waals surface area contributed by atoms with Gasteiger partial charge in [-0.15, -0.1) is 0 Å². The summed E-state index contributed by atoms with van der Waals surface area (Å²) in [6.45, 7) is 1.81. The second-order valence-corrected chi connectivity index (χ2v) is 13.3. The van der Waals surface area contributed by atoms with Crippen LogP contribution >= 0.6 is 0 Å². The number of carbonyl (C=O) groups excluding carboxylic acids is 2. The third-order valence-corrected chi connectivity index (χ3v) is 10.4. The molecule has 0 unspecified atom stereocenters. The van der Waals surface area contributed by atoms with Crippen molar-refractivity contribution in [1.29, 1.82) is 0 Å². The molecule has 0 saturated heterocycles. The Morgan fingerprint density at radius 2 is 1.11 bits per heavy atom. The molecule has 2 aromatic carbocycles. The van der Waals surface area contributed by atoms with Crippen molar-refractivity contribution in [3.05, 3.63) is 70.8 Å². The molecule has 150 valence electrons. The van der Waals surface area contributed by atoms with Crippen LogP contribution in [0, 0.1) is 0 Å². The monoisotopic (exact) mass is 514 g/mol. The molecule has 8 heteroatoms. The van der Waals surface area contributed by atoms with Crippen LogP contribution in [0.4, 0.5) is 0 Å². The van der Waals surface area contributed by atoms with Crippen LogP contribution < -0.4 is 22.1 Å². The molecule has 0 spiro atoms. The fourth-order valence-electron chi connectivity index (χ4n) is 2.51. The van der Waals surface area contributed by atoms with Gasteiger partial charge in [-0.1, -0.05) is 0 Å². The first-order valence-electron chi connectivity index (χ1n) is 9.04. The van der Waals surface area contributed by atoms with Crippen LogP contribution in [0.5, 0.6) is 0 Å². The third kappa shape index (κ3) is 7.06. The normalized spacial score (nSPS) is 10.5. The fourth-order valence-corrected chi connectivity index (χ4v) is 9.03. The second-order valence-electron chi connectivity index (χ2n) is 5.93. The van der Waals surface area contributed by atoms with E-state index in [9.17, 15) is 9.59 Å². The number of carbonyl (C=O) groups is 2. The Bertz CT molecular complexity index is 721. The summed E-state index contributed by atoms with van der Waals surface area (Å²) in [5.41, 5.74) is 14.5. The Kier molecular flexibility index (Phi) is 10.3. The quantitative estimate of drug-likeness (QED) is 0.253. The summed E-state index contributed by atoms with van der Waals surface area (Å²) >= 11 is 0.774. The first-order chi connectivity index (χ1) is 13.7. The van der Waals surface area contributed by atoms with E-state index in [4.69, 9.17) is 11.5 Å². The van der Waals surface area contributed by atoms with Crippen LogP contribution in [0.15, 0.2) is 48.5 Å². The van der Waals surface area contributed by atoms with Gasteiger partial charge in [0, 0.05) is 0 Å². The summed E-state index contributed by atoms with van der Waals surface area (Å²) in [4.78, 5) is 24.6. The number of hydrogen-bond acceptors (Lipinski definition) is 4. The topological polar surface area (TPSA) is 110 Å². The molecular weight excluding hydrogens is 486 g/mol. The van der Waals surface area contributed by atoms with Gasteiger partial charge in [0.1, 0.15) is 0 Å². The van der Waals surface area contributed by atoms with Gasteiger partial charge in [-0.25, -0.2) is 0 Å². The molecule has 6 nitrogen and oxygen atoms in total. The molecule has 0 heterocycles. The Hall–Kier alpha value is -1.66. The number of rotatable bonds is 11. The number of nitrogens with two attached hydrogens (primary N) is 2. The first kappa shape index (κ1) is 22.6. The molecule has 0 aliphatic carbocycles. The molecule has 0 aromatic heterocycles. The van der Waals surface area contributed by atoms with Crippen LogP contribution in [0.3, 0.4) is 0 Å². The molecule has 0 fully saturated rings. The summed E-state index contributed by atoms with van der Waals surface area (Å²) in [5.74, 6) is -0.127. The van der Waals surface area contributed by atoms with Gasteiger partial charge in [0.15, 0.2) is 0 Å². The average Bonchev–Trinajstić information content (AvgIpc) is 2.73. The molecule has 2 amide bonds. The number of hydrogen-bond donors (Lipinski definition) is 4. The summed E-state index contributed by atoms with van der Waals surface area (Å²) in [6.07, 6.45) is 0. The van der Waals surface area contributed by atoms with E-state index in [1.807, 2.05) is 48.5 Å². The van der Waals surface area contributed by atoms with Gasteiger partial charge in [-0.2, -0.15) is 0 Å². The predicted molar refractivity (Wildman–Crippen MR) is 115 cm³/mol.